The lowest BCUT2D eigenvalue weighted by Gasteiger charge is -2.07. The van der Waals surface area contributed by atoms with Crippen molar-refractivity contribution in [3.8, 4) is 6.07 Å². The van der Waals surface area contributed by atoms with Gasteiger partial charge in [0.1, 0.15) is 6.07 Å². The van der Waals surface area contributed by atoms with E-state index in [2.05, 4.69) is 41.4 Å². The summed E-state index contributed by atoms with van der Waals surface area (Å²) in [4.78, 5) is 16.5. The van der Waals surface area contributed by atoms with Crippen molar-refractivity contribution in [2.24, 2.45) is 0 Å². The van der Waals surface area contributed by atoms with Crippen molar-refractivity contribution in [2.75, 3.05) is 5.32 Å². The number of carbonyl (C=O) groups is 1. The molecule has 1 amide bonds. The van der Waals surface area contributed by atoms with E-state index >= 15 is 0 Å². The second-order valence-corrected chi connectivity index (χ2v) is 6.67. The van der Waals surface area contributed by atoms with Crippen LogP contribution >= 0.6 is 0 Å². The van der Waals surface area contributed by atoms with Crippen molar-refractivity contribution in [2.45, 2.75) is 32.7 Å². The second kappa shape index (κ2) is 8.28. The fourth-order valence-corrected chi connectivity index (χ4v) is 2.66. The minimum atomic E-state index is -0.103. The van der Waals surface area contributed by atoms with Crippen molar-refractivity contribution in [1.82, 2.24) is 14.8 Å². The Kier molecular flexibility index (Phi) is 5.62. The summed E-state index contributed by atoms with van der Waals surface area (Å²) in [5, 5.41) is 16.0. The quantitative estimate of drug-likeness (QED) is 0.730. The van der Waals surface area contributed by atoms with E-state index in [-0.39, 0.29) is 5.91 Å². The van der Waals surface area contributed by atoms with Crippen LogP contribution in [0.1, 0.15) is 42.1 Å². The summed E-state index contributed by atoms with van der Waals surface area (Å²) in [6.07, 6.45) is 3.63. The number of hydrogen-bond donors (Lipinski definition) is 1. The molecule has 0 spiro atoms. The summed E-state index contributed by atoms with van der Waals surface area (Å²) >= 11 is 0. The van der Waals surface area contributed by atoms with Gasteiger partial charge in [-0.05, 0) is 29.2 Å². The molecular weight excluding hydrogens is 338 g/mol. The van der Waals surface area contributed by atoms with E-state index in [9.17, 15) is 4.79 Å². The molecule has 136 valence electrons. The third kappa shape index (κ3) is 5.02. The Morgan fingerprint density at radius 1 is 1.19 bits per heavy atom. The predicted octanol–water partition coefficient (Wildman–Crippen LogP) is 3.50. The number of anilines is 1. The number of nitrogens with one attached hydrogen (secondary N) is 1. The number of carbonyl (C=O) groups excluding carboxylic acids is 1. The van der Waals surface area contributed by atoms with Gasteiger partial charge in [0.2, 0.25) is 5.91 Å². The first-order valence-corrected chi connectivity index (χ1v) is 8.80. The van der Waals surface area contributed by atoms with E-state index < -0.39 is 0 Å². The number of nitriles is 1. The first kappa shape index (κ1) is 18.3. The second-order valence-electron chi connectivity index (χ2n) is 6.67. The van der Waals surface area contributed by atoms with Crippen LogP contribution in [0, 0.1) is 11.3 Å². The molecule has 0 fully saturated rings. The zero-order chi connectivity index (χ0) is 19.2. The predicted molar refractivity (Wildman–Crippen MR) is 103 cm³/mol. The molecule has 0 saturated heterocycles. The average Bonchev–Trinajstić information content (AvgIpc) is 3.09. The molecule has 0 aliphatic rings. The molecule has 6 heteroatoms. The van der Waals surface area contributed by atoms with Crippen LogP contribution in [-0.2, 0) is 17.8 Å². The SMILES string of the molecule is CC(C)c1ccc(CC(=O)Nc2ccn(Cc3ccc(C#N)cn3)n2)cc1. The third-order valence-corrected chi connectivity index (χ3v) is 4.20. The van der Waals surface area contributed by atoms with Gasteiger partial charge in [0.15, 0.2) is 5.82 Å². The molecule has 1 N–H and O–H groups in total. The molecule has 0 unspecified atom stereocenters. The summed E-state index contributed by atoms with van der Waals surface area (Å²) in [6.45, 7) is 4.76. The summed E-state index contributed by atoms with van der Waals surface area (Å²) < 4.78 is 1.70. The highest BCUT2D eigenvalue weighted by Gasteiger charge is 2.08. The molecule has 0 aliphatic carbocycles. The van der Waals surface area contributed by atoms with Crippen LogP contribution in [0.3, 0.4) is 0 Å². The average molecular weight is 359 g/mol. The fraction of sp³-hybridized carbons (Fsp3) is 0.238. The maximum absolute atomic E-state index is 12.2. The molecule has 0 atom stereocenters. The van der Waals surface area contributed by atoms with E-state index in [1.807, 2.05) is 18.2 Å². The number of amides is 1. The smallest absolute Gasteiger partial charge is 0.229 e. The highest BCUT2D eigenvalue weighted by Crippen LogP contribution is 2.15. The third-order valence-electron chi connectivity index (χ3n) is 4.20. The maximum atomic E-state index is 12.2. The molecule has 1 aromatic carbocycles. The Hall–Kier alpha value is -3.46. The van der Waals surface area contributed by atoms with E-state index in [1.54, 1.807) is 29.1 Å². The summed E-state index contributed by atoms with van der Waals surface area (Å²) in [5.41, 5.74) is 3.54. The summed E-state index contributed by atoms with van der Waals surface area (Å²) in [7, 11) is 0. The van der Waals surface area contributed by atoms with Crippen molar-refractivity contribution < 1.29 is 4.79 Å². The Morgan fingerprint density at radius 2 is 1.96 bits per heavy atom. The maximum Gasteiger partial charge on any atom is 0.229 e. The lowest BCUT2D eigenvalue weighted by Crippen LogP contribution is -2.15. The van der Waals surface area contributed by atoms with Gasteiger partial charge in [-0.3, -0.25) is 14.5 Å². The van der Waals surface area contributed by atoms with Crippen LogP contribution in [0.15, 0.2) is 54.9 Å². The number of benzene rings is 1. The van der Waals surface area contributed by atoms with Gasteiger partial charge in [0.05, 0.1) is 24.2 Å². The number of rotatable bonds is 6. The van der Waals surface area contributed by atoms with Crippen LogP contribution in [0.4, 0.5) is 5.82 Å². The number of hydrogen-bond acceptors (Lipinski definition) is 4. The molecule has 3 rings (SSSR count). The Balaban J connectivity index is 1.56. The van der Waals surface area contributed by atoms with Crippen molar-refractivity contribution in [1.29, 1.82) is 5.26 Å². The molecule has 6 nitrogen and oxygen atoms in total. The summed E-state index contributed by atoms with van der Waals surface area (Å²) in [5.74, 6) is 0.879. The summed E-state index contributed by atoms with van der Waals surface area (Å²) in [6, 6.07) is 15.4. The minimum absolute atomic E-state index is 0.103. The molecule has 0 aliphatic heterocycles. The number of aromatic nitrogens is 3. The van der Waals surface area contributed by atoms with Gasteiger partial charge in [-0.1, -0.05) is 38.1 Å². The van der Waals surface area contributed by atoms with Crippen LogP contribution in [-0.4, -0.2) is 20.7 Å². The van der Waals surface area contributed by atoms with Crippen molar-refractivity contribution >= 4 is 11.7 Å². The Morgan fingerprint density at radius 3 is 2.59 bits per heavy atom. The zero-order valence-electron chi connectivity index (χ0n) is 15.4. The van der Waals surface area contributed by atoms with Crippen LogP contribution < -0.4 is 5.32 Å². The van der Waals surface area contributed by atoms with E-state index in [1.165, 1.54) is 11.8 Å². The molecule has 0 radical (unpaired) electrons. The monoisotopic (exact) mass is 359 g/mol. The van der Waals surface area contributed by atoms with Gasteiger partial charge < -0.3 is 5.32 Å². The van der Waals surface area contributed by atoms with Gasteiger partial charge in [-0.2, -0.15) is 10.4 Å². The highest BCUT2D eigenvalue weighted by atomic mass is 16.1. The first-order chi connectivity index (χ1) is 13.0. The lowest BCUT2D eigenvalue weighted by atomic mass is 10.0. The van der Waals surface area contributed by atoms with Crippen LogP contribution in [0.5, 0.6) is 0 Å². The van der Waals surface area contributed by atoms with Crippen LogP contribution in [0.25, 0.3) is 0 Å². The molecule has 0 bridgehead atoms. The van der Waals surface area contributed by atoms with Crippen molar-refractivity contribution in [3.63, 3.8) is 0 Å². The van der Waals surface area contributed by atoms with Crippen molar-refractivity contribution in [3.05, 3.63) is 77.2 Å². The fourth-order valence-electron chi connectivity index (χ4n) is 2.66. The zero-order valence-corrected chi connectivity index (χ0v) is 15.4. The van der Waals surface area contributed by atoms with Gasteiger partial charge in [-0.15, -0.1) is 0 Å². The molecule has 2 aromatic heterocycles. The Labute approximate surface area is 158 Å². The first-order valence-electron chi connectivity index (χ1n) is 8.80. The highest BCUT2D eigenvalue weighted by molar-refractivity contribution is 5.91. The molecule has 2 heterocycles. The lowest BCUT2D eigenvalue weighted by molar-refractivity contribution is -0.115. The standard InChI is InChI=1S/C21H21N5O/c1-15(2)18-6-3-16(4-7-18)11-21(27)24-20-9-10-26(25-20)14-19-8-5-17(12-22)13-23-19/h3-10,13,15H,11,14H2,1-2H3,(H,24,25,27). The normalized spacial score (nSPS) is 10.6. The molecule has 0 saturated carbocycles. The van der Waals surface area contributed by atoms with Gasteiger partial charge in [-0.25, -0.2) is 0 Å². The van der Waals surface area contributed by atoms with Gasteiger partial charge >= 0.3 is 0 Å². The molecular formula is C21H21N5O. The van der Waals surface area contributed by atoms with E-state index in [4.69, 9.17) is 5.26 Å². The largest absolute Gasteiger partial charge is 0.309 e. The molecule has 27 heavy (non-hydrogen) atoms. The van der Waals surface area contributed by atoms with Gasteiger partial charge in [0.25, 0.3) is 0 Å². The molecule has 3 aromatic rings. The number of pyridine rings is 1. The topological polar surface area (TPSA) is 83.6 Å². The number of nitrogens with zero attached hydrogens (tertiary/aromatic N) is 4. The van der Waals surface area contributed by atoms with Crippen LogP contribution in [0.2, 0.25) is 0 Å². The minimum Gasteiger partial charge on any atom is -0.309 e. The Bertz CT molecular complexity index is 949. The van der Waals surface area contributed by atoms with Gasteiger partial charge in [0, 0.05) is 18.5 Å². The van der Waals surface area contributed by atoms with E-state index in [0.29, 0.717) is 30.3 Å². The van der Waals surface area contributed by atoms with E-state index in [0.717, 1.165) is 11.3 Å².